The van der Waals surface area contributed by atoms with E-state index in [2.05, 4.69) is 0 Å². The molecule has 0 unspecified atom stereocenters. The van der Waals surface area contributed by atoms with Crippen LogP contribution in [0.3, 0.4) is 0 Å². The van der Waals surface area contributed by atoms with E-state index in [1.54, 1.807) is 0 Å². The van der Waals surface area contributed by atoms with Crippen molar-refractivity contribution in [2.45, 2.75) is 31.2 Å². The predicted octanol–water partition coefficient (Wildman–Crippen LogP) is 2.67. The minimum Gasteiger partial charge on any atom is -0.478 e. The van der Waals surface area contributed by atoms with E-state index in [-0.39, 0.29) is 57.9 Å². The SMILES string of the molecule is O=C(O)c1ccc(N2CCN(C(=O)C(F)(F)F)CC2)cc1N(C(=O)C(F)(F)F)C1CCOCC1. The Morgan fingerprint density at radius 1 is 0.941 bits per heavy atom. The number of benzene rings is 1. The lowest BCUT2D eigenvalue weighted by Crippen LogP contribution is -2.52. The molecular weight excluding hydrogens is 476 g/mol. The van der Waals surface area contributed by atoms with Crippen molar-refractivity contribution in [1.82, 2.24) is 4.90 Å². The zero-order chi connectivity index (χ0) is 25.3. The number of rotatable bonds is 4. The van der Waals surface area contributed by atoms with Gasteiger partial charge < -0.3 is 24.5 Å². The number of hydrogen-bond acceptors (Lipinski definition) is 5. The zero-order valence-electron chi connectivity index (χ0n) is 17.7. The Kier molecular flexibility index (Phi) is 7.29. The highest BCUT2D eigenvalue weighted by atomic mass is 19.4. The molecule has 0 aliphatic carbocycles. The first-order chi connectivity index (χ1) is 15.8. The fourth-order valence-electron chi connectivity index (χ4n) is 4.00. The standard InChI is InChI=1S/C20H21F6N3O5/c21-19(22,23)17(32)28-7-5-27(6-8-28)13-1-2-14(16(30)31)15(11-13)29(18(33)20(24,25)26)12-3-9-34-10-4-12/h1-2,11-12H,3-10H2,(H,30,31). The van der Waals surface area contributed by atoms with Crippen molar-refractivity contribution in [1.29, 1.82) is 0 Å². The molecule has 2 heterocycles. The molecule has 1 N–H and O–H groups in total. The molecule has 3 rings (SSSR count). The van der Waals surface area contributed by atoms with Gasteiger partial charge in [0.15, 0.2) is 0 Å². The van der Waals surface area contributed by atoms with Crippen LogP contribution in [0.25, 0.3) is 0 Å². The van der Waals surface area contributed by atoms with Crippen LogP contribution >= 0.6 is 0 Å². The summed E-state index contributed by atoms with van der Waals surface area (Å²) in [5.41, 5.74) is -0.780. The summed E-state index contributed by atoms with van der Waals surface area (Å²) in [6, 6.07) is 2.51. The fourth-order valence-corrected chi connectivity index (χ4v) is 4.00. The lowest BCUT2D eigenvalue weighted by molar-refractivity contribution is -0.185. The number of carboxylic acid groups (broad SMARTS) is 1. The summed E-state index contributed by atoms with van der Waals surface area (Å²) < 4.78 is 83.4. The minimum absolute atomic E-state index is 0.0589. The van der Waals surface area contributed by atoms with E-state index in [0.717, 1.165) is 12.1 Å². The van der Waals surface area contributed by atoms with Crippen LogP contribution in [0.1, 0.15) is 23.2 Å². The smallest absolute Gasteiger partial charge is 0.471 e. The third-order valence-corrected chi connectivity index (χ3v) is 5.66. The van der Waals surface area contributed by atoms with E-state index in [1.807, 2.05) is 0 Å². The molecule has 1 aromatic carbocycles. The molecule has 188 valence electrons. The zero-order valence-corrected chi connectivity index (χ0v) is 17.7. The van der Waals surface area contributed by atoms with Gasteiger partial charge in [-0.2, -0.15) is 26.3 Å². The largest absolute Gasteiger partial charge is 0.478 e. The van der Waals surface area contributed by atoms with Crippen molar-refractivity contribution in [3.63, 3.8) is 0 Å². The van der Waals surface area contributed by atoms with Gasteiger partial charge in [-0.1, -0.05) is 0 Å². The lowest BCUT2D eigenvalue weighted by atomic mass is 10.0. The van der Waals surface area contributed by atoms with Crippen molar-refractivity contribution in [3.05, 3.63) is 23.8 Å². The maximum absolute atomic E-state index is 13.4. The van der Waals surface area contributed by atoms with Crippen LogP contribution in [0.2, 0.25) is 0 Å². The Labute approximate surface area is 189 Å². The Morgan fingerprint density at radius 2 is 1.53 bits per heavy atom. The maximum atomic E-state index is 13.4. The van der Waals surface area contributed by atoms with Crippen LogP contribution in [0, 0.1) is 0 Å². The molecule has 0 atom stereocenters. The van der Waals surface area contributed by atoms with Gasteiger partial charge in [-0.05, 0) is 31.0 Å². The molecular formula is C20H21F6N3O5. The Bertz CT molecular complexity index is 938. The second-order valence-electron chi connectivity index (χ2n) is 7.80. The highest BCUT2D eigenvalue weighted by Crippen LogP contribution is 2.35. The molecule has 14 heteroatoms. The number of halogens is 6. The van der Waals surface area contributed by atoms with E-state index < -0.39 is 47.4 Å². The number of alkyl halides is 6. The molecule has 0 aromatic heterocycles. The normalized spacial score (nSPS) is 18.1. The van der Waals surface area contributed by atoms with E-state index >= 15 is 0 Å². The number of nitrogens with zero attached hydrogens (tertiary/aromatic N) is 3. The summed E-state index contributed by atoms with van der Waals surface area (Å²) in [6.45, 7) is -0.553. The molecule has 0 spiro atoms. The van der Waals surface area contributed by atoms with E-state index in [0.29, 0.717) is 9.80 Å². The van der Waals surface area contributed by atoms with Gasteiger partial charge in [0, 0.05) is 51.1 Å². The molecule has 2 amide bonds. The summed E-state index contributed by atoms with van der Waals surface area (Å²) in [7, 11) is 0. The summed E-state index contributed by atoms with van der Waals surface area (Å²) in [4.78, 5) is 38.1. The number of carboxylic acids is 1. The predicted molar refractivity (Wildman–Crippen MR) is 106 cm³/mol. The number of carbonyl (C=O) groups excluding carboxylic acids is 2. The van der Waals surface area contributed by atoms with Gasteiger partial charge >= 0.3 is 30.1 Å². The van der Waals surface area contributed by atoms with Gasteiger partial charge in [0.1, 0.15) is 0 Å². The molecule has 0 bridgehead atoms. The number of carbonyl (C=O) groups is 3. The average Bonchev–Trinajstić information content (AvgIpc) is 2.78. The van der Waals surface area contributed by atoms with Gasteiger partial charge in [-0.25, -0.2) is 4.79 Å². The van der Waals surface area contributed by atoms with Crippen LogP contribution in [-0.4, -0.2) is 85.6 Å². The number of hydrogen-bond donors (Lipinski definition) is 1. The van der Waals surface area contributed by atoms with E-state index in [1.165, 1.54) is 11.0 Å². The van der Waals surface area contributed by atoms with Crippen molar-refractivity contribution < 1.29 is 50.6 Å². The fraction of sp³-hybridized carbons (Fsp3) is 0.550. The summed E-state index contributed by atoms with van der Waals surface area (Å²) in [6.07, 6.45) is -10.2. The van der Waals surface area contributed by atoms with E-state index in [9.17, 15) is 45.8 Å². The average molecular weight is 497 g/mol. The second kappa shape index (κ2) is 9.68. The van der Waals surface area contributed by atoms with Crippen molar-refractivity contribution in [2.75, 3.05) is 49.2 Å². The van der Waals surface area contributed by atoms with Crippen LogP contribution in [0.4, 0.5) is 37.7 Å². The van der Waals surface area contributed by atoms with E-state index in [4.69, 9.17) is 4.74 Å². The monoisotopic (exact) mass is 497 g/mol. The van der Waals surface area contributed by atoms with Gasteiger partial charge in [-0.15, -0.1) is 0 Å². The van der Waals surface area contributed by atoms with Crippen molar-refractivity contribution in [3.8, 4) is 0 Å². The molecule has 2 fully saturated rings. The topological polar surface area (TPSA) is 90.4 Å². The van der Waals surface area contributed by atoms with Crippen LogP contribution in [-0.2, 0) is 14.3 Å². The van der Waals surface area contributed by atoms with Gasteiger partial charge in [0.05, 0.1) is 11.3 Å². The lowest BCUT2D eigenvalue weighted by Gasteiger charge is -2.38. The summed E-state index contributed by atoms with van der Waals surface area (Å²) in [5, 5.41) is 9.56. The Hall–Kier alpha value is -3.03. The molecule has 2 saturated heterocycles. The highest BCUT2D eigenvalue weighted by Gasteiger charge is 2.47. The minimum atomic E-state index is -5.27. The molecule has 8 nitrogen and oxygen atoms in total. The summed E-state index contributed by atoms with van der Waals surface area (Å²) in [5.74, 6) is -5.76. The van der Waals surface area contributed by atoms with Gasteiger partial charge in [0.2, 0.25) is 0 Å². The number of piperazine rings is 1. The number of anilines is 2. The highest BCUT2D eigenvalue weighted by molar-refractivity contribution is 6.05. The van der Waals surface area contributed by atoms with Gasteiger partial charge in [0.25, 0.3) is 0 Å². The first kappa shape index (κ1) is 25.6. The summed E-state index contributed by atoms with van der Waals surface area (Å²) >= 11 is 0. The molecule has 0 saturated carbocycles. The third kappa shape index (κ3) is 5.54. The maximum Gasteiger partial charge on any atom is 0.471 e. The van der Waals surface area contributed by atoms with Crippen LogP contribution in [0.15, 0.2) is 18.2 Å². The molecule has 2 aliphatic rings. The first-order valence-corrected chi connectivity index (χ1v) is 10.3. The number of aromatic carboxylic acids is 1. The van der Waals surface area contributed by atoms with Crippen molar-refractivity contribution in [2.24, 2.45) is 0 Å². The second-order valence-corrected chi connectivity index (χ2v) is 7.80. The molecule has 2 aliphatic heterocycles. The van der Waals surface area contributed by atoms with Crippen LogP contribution < -0.4 is 9.80 Å². The first-order valence-electron chi connectivity index (χ1n) is 10.3. The third-order valence-electron chi connectivity index (χ3n) is 5.66. The number of amides is 2. The quantitative estimate of drug-likeness (QED) is 0.644. The molecule has 0 radical (unpaired) electrons. The van der Waals surface area contributed by atoms with Crippen molar-refractivity contribution >= 4 is 29.2 Å². The van der Waals surface area contributed by atoms with Gasteiger partial charge in [-0.3, -0.25) is 9.59 Å². The van der Waals surface area contributed by atoms with Crippen LogP contribution in [0.5, 0.6) is 0 Å². The Balaban J connectivity index is 1.94. The Morgan fingerprint density at radius 3 is 2.03 bits per heavy atom. The molecule has 34 heavy (non-hydrogen) atoms. The molecule has 1 aromatic rings. The number of ether oxygens (including phenoxy) is 1.